The highest BCUT2D eigenvalue weighted by atomic mass is 16.4. The van der Waals surface area contributed by atoms with Gasteiger partial charge in [-0.2, -0.15) is 0 Å². The van der Waals surface area contributed by atoms with Gasteiger partial charge < -0.3 is 10.2 Å². The maximum absolute atomic E-state index is 10.8. The molecular weight excluding hydrogens is 396 g/mol. The molecule has 3 rings (SSSR count). The number of unbranched alkanes of at least 4 members (excludes halogenated alkanes) is 1. The van der Waals surface area contributed by atoms with Crippen molar-refractivity contribution in [2.75, 3.05) is 0 Å². The standard InChI is InChI=1S/C29H34O3/c1-22(23-12-7-4-8-13-23)28(30)21-20-27-25(16-6-2-3-11-17-29(31)32)18-19-26(27)24-14-9-5-10-15-24/h2,4-10,12-15,18,20-22,26-28,30H,3,11,16-17,19H2,1H3,(H,31,32)/b6-2-,21-20+/t22?,26?,27-,28?/m0/s1. The highest BCUT2D eigenvalue weighted by molar-refractivity contribution is 5.66. The Hall–Kier alpha value is -2.91. The Morgan fingerprint density at radius 1 is 1.06 bits per heavy atom. The first-order chi connectivity index (χ1) is 15.6. The summed E-state index contributed by atoms with van der Waals surface area (Å²) in [6.45, 7) is 2.06. The Morgan fingerprint density at radius 2 is 1.75 bits per heavy atom. The summed E-state index contributed by atoms with van der Waals surface area (Å²) in [5.41, 5.74) is 3.82. The van der Waals surface area contributed by atoms with Crippen LogP contribution in [0.1, 0.15) is 62.0 Å². The first-order valence-corrected chi connectivity index (χ1v) is 11.6. The summed E-state index contributed by atoms with van der Waals surface area (Å²) < 4.78 is 0. The molecule has 3 heteroatoms. The third kappa shape index (κ3) is 6.80. The van der Waals surface area contributed by atoms with E-state index >= 15 is 0 Å². The zero-order valence-corrected chi connectivity index (χ0v) is 18.8. The van der Waals surface area contributed by atoms with Gasteiger partial charge in [-0.3, -0.25) is 4.79 Å². The van der Waals surface area contributed by atoms with E-state index in [0.29, 0.717) is 12.3 Å². The molecule has 4 atom stereocenters. The van der Waals surface area contributed by atoms with Crippen molar-refractivity contribution >= 4 is 5.97 Å². The molecule has 0 aromatic heterocycles. The number of carbonyl (C=O) groups is 1. The van der Waals surface area contributed by atoms with Gasteiger partial charge in [0.1, 0.15) is 0 Å². The Labute approximate surface area is 191 Å². The normalized spacial score (nSPS) is 20.5. The van der Waals surface area contributed by atoms with E-state index in [1.165, 1.54) is 11.1 Å². The molecule has 0 aliphatic heterocycles. The first kappa shape index (κ1) is 23.7. The number of allylic oxidation sites excluding steroid dienone is 5. The summed E-state index contributed by atoms with van der Waals surface area (Å²) in [6.07, 6.45) is 13.7. The third-order valence-corrected chi connectivity index (χ3v) is 6.36. The van der Waals surface area contributed by atoms with Crippen LogP contribution in [0.2, 0.25) is 0 Å². The van der Waals surface area contributed by atoms with Crippen LogP contribution in [0.15, 0.2) is 96.6 Å². The van der Waals surface area contributed by atoms with Gasteiger partial charge in [0.15, 0.2) is 0 Å². The van der Waals surface area contributed by atoms with Crippen molar-refractivity contribution in [3.8, 4) is 0 Å². The average Bonchev–Trinajstić information content (AvgIpc) is 3.22. The Morgan fingerprint density at radius 3 is 2.44 bits per heavy atom. The third-order valence-electron chi connectivity index (χ3n) is 6.36. The van der Waals surface area contributed by atoms with Crippen LogP contribution in [0.4, 0.5) is 0 Å². The first-order valence-electron chi connectivity index (χ1n) is 11.6. The SMILES string of the molecule is CC(c1ccccc1)C(O)/C=C/[C@H]1C(C/C=C\CCCC(=O)O)=CCC1c1ccccc1. The van der Waals surface area contributed by atoms with Crippen LogP contribution in [-0.2, 0) is 4.79 Å². The second-order valence-electron chi connectivity index (χ2n) is 8.59. The van der Waals surface area contributed by atoms with Crippen molar-refractivity contribution < 1.29 is 15.0 Å². The molecule has 0 heterocycles. The van der Waals surface area contributed by atoms with E-state index < -0.39 is 12.1 Å². The van der Waals surface area contributed by atoms with E-state index in [1.807, 2.05) is 30.3 Å². The van der Waals surface area contributed by atoms with E-state index in [0.717, 1.165) is 24.8 Å². The van der Waals surface area contributed by atoms with Crippen LogP contribution in [0.25, 0.3) is 0 Å². The second-order valence-corrected chi connectivity index (χ2v) is 8.59. The van der Waals surface area contributed by atoms with Gasteiger partial charge in [0, 0.05) is 18.3 Å². The molecule has 2 N–H and O–H groups in total. The summed E-state index contributed by atoms with van der Waals surface area (Å²) in [5, 5.41) is 19.6. The number of aliphatic hydroxyl groups is 1. The number of aliphatic hydroxyl groups excluding tert-OH is 1. The van der Waals surface area contributed by atoms with E-state index in [4.69, 9.17) is 5.11 Å². The Bertz CT molecular complexity index is 927. The smallest absolute Gasteiger partial charge is 0.303 e. The van der Waals surface area contributed by atoms with Crippen molar-refractivity contribution in [1.82, 2.24) is 0 Å². The predicted molar refractivity (Wildman–Crippen MR) is 131 cm³/mol. The minimum atomic E-state index is -0.740. The van der Waals surface area contributed by atoms with Crippen molar-refractivity contribution in [2.24, 2.45) is 5.92 Å². The van der Waals surface area contributed by atoms with Crippen LogP contribution < -0.4 is 0 Å². The zero-order valence-electron chi connectivity index (χ0n) is 18.8. The lowest BCUT2D eigenvalue weighted by molar-refractivity contribution is -0.137. The molecule has 0 amide bonds. The summed E-state index contributed by atoms with van der Waals surface area (Å²) >= 11 is 0. The molecule has 2 aromatic rings. The van der Waals surface area contributed by atoms with Gasteiger partial charge >= 0.3 is 5.97 Å². The Balaban J connectivity index is 1.69. The van der Waals surface area contributed by atoms with Crippen LogP contribution >= 0.6 is 0 Å². The van der Waals surface area contributed by atoms with E-state index in [1.54, 1.807) is 0 Å². The molecule has 2 aromatic carbocycles. The van der Waals surface area contributed by atoms with Crippen molar-refractivity contribution in [3.05, 3.63) is 108 Å². The van der Waals surface area contributed by atoms with Crippen LogP contribution in [0.5, 0.6) is 0 Å². The lowest BCUT2D eigenvalue weighted by atomic mass is 9.83. The molecule has 0 spiro atoms. The fourth-order valence-corrected chi connectivity index (χ4v) is 4.40. The monoisotopic (exact) mass is 430 g/mol. The van der Waals surface area contributed by atoms with Crippen LogP contribution in [0, 0.1) is 5.92 Å². The second kappa shape index (κ2) is 12.2. The van der Waals surface area contributed by atoms with Gasteiger partial charge in [0.2, 0.25) is 0 Å². The minimum absolute atomic E-state index is 0.0330. The largest absolute Gasteiger partial charge is 0.481 e. The maximum Gasteiger partial charge on any atom is 0.303 e. The molecule has 0 saturated heterocycles. The highest BCUT2D eigenvalue weighted by Gasteiger charge is 2.28. The van der Waals surface area contributed by atoms with Gasteiger partial charge in [-0.25, -0.2) is 0 Å². The van der Waals surface area contributed by atoms with E-state index in [-0.39, 0.29) is 18.3 Å². The molecule has 0 radical (unpaired) electrons. The molecule has 32 heavy (non-hydrogen) atoms. The fraction of sp³-hybridized carbons (Fsp3) is 0.345. The van der Waals surface area contributed by atoms with Crippen molar-refractivity contribution in [1.29, 1.82) is 0 Å². The highest BCUT2D eigenvalue weighted by Crippen LogP contribution is 2.42. The molecule has 3 nitrogen and oxygen atoms in total. The van der Waals surface area contributed by atoms with E-state index in [9.17, 15) is 9.90 Å². The van der Waals surface area contributed by atoms with Gasteiger partial charge in [0.25, 0.3) is 0 Å². The van der Waals surface area contributed by atoms with Gasteiger partial charge in [0.05, 0.1) is 6.10 Å². The number of rotatable bonds is 11. The predicted octanol–water partition coefficient (Wildman–Crippen LogP) is 6.64. The average molecular weight is 431 g/mol. The van der Waals surface area contributed by atoms with Crippen molar-refractivity contribution in [3.63, 3.8) is 0 Å². The lowest BCUT2D eigenvalue weighted by Gasteiger charge is -2.22. The van der Waals surface area contributed by atoms with E-state index in [2.05, 4.69) is 67.6 Å². The Kier molecular flexibility index (Phi) is 9.06. The topological polar surface area (TPSA) is 57.5 Å². The number of hydrogen-bond donors (Lipinski definition) is 2. The van der Waals surface area contributed by atoms with Gasteiger partial charge in [-0.1, -0.05) is 104 Å². The fourth-order valence-electron chi connectivity index (χ4n) is 4.40. The molecule has 0 fully saturated rings. The molecule has 1 aliphatic carbocycles. The molecule has 0 saturated carbocycles. The minimum Gasteiger partial charge on any atom is -0.481 e. The molecule has 3 unspecified atom stereocenters. The zero-order chi connectivity index (χ0) is 22.8. The summed E-state index contributed by atoms with van der Waals surface area (Å²) in [4.78, 5) is 10.7. The number of carboxylic acids is 1. The number of benzene rings is 2. The molecule has 168 valence electrons. The summed E-state index contributed by atoms with van der Waals surface area (Å²) in [7, 11) is 0. The summed E-state index contributed by atoms with van der Waals surface area (Å²) in [6, 6.07) is 20.7. The number of hydrogen-bond acceptors (Lipinski definition) is 2. The number of aliphatic carboxylic acids is 1. The number of carboxylic acid groups (broad SMARTS) is 1. The molecular formula is C29H34O3. The quantitative estimate of drug-likeness (QED) is 0.310. The maximum atomic E-state index is 10.8. The van der Waals surface area contributed by atoms with Gasteiger partial charge in [-0.15, -0.1) is 0 Å². The summed E-state index contributed by atoms with van der Waals surface area (Å²) in [5.74, 6) is -0.0810. The van der Waals surface area contributed by atoms with Crippen LogP contribution in [0.3, 0.4) is 0 Å². The molecule has 1 aliphatic rings. The lowest BCUT2D eigenvalue weighted by Crippen LogP contribution is -2.14. The van der Waals surface area contributed by atoms with Crippen molar-refractivity contribution in [2.45, 2.75) is 57.0 Å². The molecule has 0 bridgehead atoms. The van der Waals surface area contributed by atoms with Crippen LogP contribution in [-0.4, -0.2) is 22.3 Å². The van der Waals surface area contributed by atoms with Gasteiger partial charge in [-0.05, 0) is 42.7 Å².